The van der Waals surface area contributed by atoms with E-state index >= 15 is 0 Å². The number of aromatic carboxylic acids is 1. The molecule has 0 atom stereocenters. The van der Waals surface area contributed by atoms with Crippen molar-refractivity contribution in [2.75, 3.05) is 5.32 Å². The number of aromatic nitrogens is 1. The van der Waals surface area contributed by atoms with Gasteiger partial charge in [0.2, 0.25) is 0 Å². The third-order valence-electron chi connectivity index (χ3n) is 3.70. The number of Topliss-reactive ketones (excluding diaryl/α,β-unsaturated/α-hetero) is 1. The first-order valence-corrected chi connectivity index (χ1v) is 9.59. The van der Waals surface area contributed by atoms with Gasteiger partial charge in [0.05, 0.1) is 23.0 Å². The molecule has 0 bridgehead atoms. The van der Waals surface area contributed by atoms with E-state index < -0.39 is 17.7 Å². The maximum Gasteiger partial charge on any atom is 0.340 e. The van der Waals surface area contributed by atoms with Gasteiger partial charge in [-0.05, 0) is 81.6 Å². The molecule has 2 heterocycles. The van der Waals surface area contributed by atoms with Crippen molar-refractivity contribution in [3.8, 4) is 5.75 Å². The summed E-state index contributed by atoms with van der Waals surface area (Å²) >= 11 is 4.18. The predicted molar refractivity (Wildman–Crippen MR) is 115 cm³/mol. The number of carboxylic acid groups (broad SMARTS) is 1. The smallest absolute Gasteiger partial charge is 0.340 e. The van der Waals surface area contributed by atoms with Crippen molar-refractivity contribution in [1.29, 1.82) is 0 Å². The molecule has 1 aromatic heterocycles. The molecular formula is C18H10I2N2O5. The lowest BCUT2D eigenvalue weighted by Gasteiger charge is -2.04. The van der Waals surface area contributed by atoms with Crippen LogP contribution in [0.4, 0.5) is 5.69 Å². The highest BCUT2D eigenvalue weighted by atomic mass is 127. The fraction of sp³-hybridized carbons (Fsp3) is 0. The highest BCUT2D eigenvalue weighted by Gasteiger charge is 2.27. The van der Waals surface area contributed by atoms with Crippen LogP contribution in [0.25, 0.3) is 10.9 Å². The predicted octanol–water partition coefficient (Wildman–Crippen LogP) is 3.67. The van der Waals surface area contributed by atoms with Crippen LogP contribution >= 0.6 is 45.2 Å². The number of carbonyl (C=O) groups is 3. The molecule has 0 saturated heterocycles. The Kier molecular flexibility index (Phi) is 5.60. The summed E-state index contributed by atoms with van der Waals surface area (Å²) in [4.78, 5) is 36.9. The summed E-state index contributed by atoms with van der Waals surface area (Å²) in [5.41, 5.74) is 1.56. The maximum atomic E-state index is 11.1. The van der Waals surface area contributed by atoms with Crippen LogP contribution in [0.15, 0.2) is 42.6 Å². The number of carboxylic acids is 1. The van der Waals surface area contributed by atoms with E-state index in [1.165, 1.54) is 0 Å². The van der Waals surface area contributed by atoms with Crippen molar-refractivity contribution < 1.29 is 24.6 Å². The van der Waals surface area contributed by atoms with Gasteiger partial charge in [0, 0.05) is 12.5 Å². The number of halogens is 2. The first-order valence-electron chi connectivity index (χ1n) is 7.43. The van der Waals surface area contributed by atoms with Gasteiger partial charge < -0.3 is 15.5 Å². The normalized spacial score (nSPS) is 12.2. The van der Waals surface area contributed by atoms with Crippen molar-refractivity contribution in [3.05, 3.63) is 60.9 Å². The third-order valence-corrected chi connectivity index (χ3v) is 5.05. The first kappa shape index (κ1) is 19.5. The fourth-order valence-corrected chi connectivity index (χ4v) is 3.48. The molecule has 2 aromatic carbocycles. The molecule has 0 unspecified atom stereocenters. The first-order chi connectivity index (χ1) is 12.8. The zero-order valence-electron chi connectivity index (χ0n) is 13.4. The van der Waals surface area contributed by atoms with E-state index in [1.54, 1.807) is 24.3 Å². The second-order valence-electron chi connectivity index (χ2n) is 5.46. The van der Waals surface area contributed by atoms with Crippen LogP contribution in [0.5, 0.6) is 5.75 Å². The quantitative estimate of drug-likeness (QED) is 0.295. The third kappa shape index (κ3) is 4.03. The maximum absolute atomic E-state index is 11.1. The monoisotopic (exact) mass is 588 g/mol. The Hall–Kier alpha value is -2.28. The summed E-state index contributed by atoms with van der Waals surface area (Å²) in [7, 11) is 0. The van der Waals surface area contributed by atoms with E-state index in [-0.39, 0.29) is 11.3 Å². The molecule has 1 amide bonds. The number of pyridine rings is 1. The molecule has 27 heavy (non-hydrogen) atoms. The minimum absolute atomic E-state index is 0.0986. The van der Waals surface area contributed by atoms with E-state index in [0.29, 0.717) is 22.2 Å². The summed E-state index contributed by atoms with van der Waals surface area (Å²) in [6, 6.07) is 10.5. The number of hydrogen-bond acceptors (Lipinski definition) is 5. The largest absolute Gasteiger partial charge is 0.505 e. The second-order valence-corrected chi connectivity index (χ2v) is 7.95. The lowest BCUT2D eigenvalue weighted by molar-refractivity contribution is -0.112. The number of rotatable bonds is 1. The Morgan fingerprint density at radius 3 is 2.41 bits per heavy atom. The Balaban J connectivity index is 0.000000159. The molecule has 0 saturated carbocycles. The number of fused-ring (bicyclic) bond motifs is 2. The summed E-state index contributed by atoms with van der Waals surface area (Å²) in [5, 5.41) is 21.3. The van der Waals surface area contributed by atoms with Crippen molar-refractivity contribution in [2.45, 2.75) is 0 Å². The van der Waals surface area contributed by atoms with Crippen molar-refractivity contribution in [3.63, 3.8) is 0 Å². The lowest BCUT2D eigenvalue weighted by atomic mass is 10.1. The summed E-state index contributed by atoms with van der Waals surface area (Å²) in [6.07, 6.45) is 1.15. The Morgan fingerprint density at radius 2 is 1.70 bits per heavy atom. The fourth-order valence-electron chi connectivity index (χ4n) is 2.49. The SMILES string of the molecule is O=C(O)c1c(O)cnc2ccc(I)cc12.O=C1Nc2ccc(I)cc2C1=O. The number of benzene rings is 2. The Bertz CT molecular complexity index is 1110. The second kappa shape index (κ2) is 7.76. The van der Waals surface area contributed by atoms with Gasteiger partial charge in [-0.25, -0.2) is 4.79 Å². The molecule has 7 nitrogen and oxygen atoms in total. The van der Waals surface area contributed by atoms with Crippen LogP contribution in [0.2, 0.25) is 0 Å². The number of ketones is 1. The van der Waals surface area contributed by atoms with Crippen molar-refractivity contribution in [1.82, 2.24) is 4.98 Å². The molecule has 136 valence electrons. The van der Waals surface area contributed by atoms with Gasteiger partial charge in [0.15, 0.2) is 0 Å². The number of nitrogens with zero attached hydrogens (tertiary/aromatic N) is 1. The van der Waals surface area contributed by atoms with Crippen LogP contribution in [0.3, 0.4) is 0 Å². The zero-order valence-corrected chi connectivity index (χ0v) is 17.7. The lowest BCUT2D eigenvalue weighted by Crippen LogP contribution is -2.12. The van der Waals surface area contributed by atoms with Gasteiger partial charge in [-0.2, -0.15) is 0 Å². The number of nitrogens with one attached hydrogen (secondary N) is 1. The van der Waals surface area contributed by atoms with E-state index in [9.17, 15) is 19.5 Å². The summed E-state index contributed by atoms with van der Waals surface area (Å²) in [5.74, 6) is -2.44. The van der Waals surface area contributed by atoms with Gasteiger partial charge in [-0.3, -0.25) is 14.6 Å². The van der Waals surface area contributed by atoms with E-state index in [0.717, 1.165) is 13.3 Å². The molecule has 1 aliphatic rings. The van der Waals surface area contributed by atoms with Crippen LogP contribution < -0.4 is 5.32 Å². The molecule has 9 heteroatoms. The summed E-state index contributed by atoms with van der Waals surface area (Å²) in [6.45, 7) is 0. The van der Waals surface area contributed by atoms with Crippen molar-refractivity contribution in [2.24, 2.45) is 0 Å². The molecular weight excluding hydrogens is 578 g/mol. The summed E-state index contributed by atoms with van der Waals surface area (Å²) < 4.78 is 1.85. The van der Waals surface area contributed by atoms with Crippen LogP contribution in [-0.2, 0) is 4.79 Å². The molecule has 0 aliphatic carbocycles. The Morgan fingerprint density at radius 1 is 1.04 bits per heavy atom. The minimum Gasteiger partial charge on any atom is -0.505 e. The van der Waals surface area contributed by atoms with Crippen LogP contribution in [0.1, 0.15) is 20.7 Å². The topological polar surface area (TPSA) is 117 Å². The van der Waals surface area contributed by atoms with Crippen LogP contribution in [0, 0.1) is 7.14 Å². The average Bonchev–Trinajstić information content (AvgIpc) is 2.89. The van der Waals surface area contributed by atoms with Gasteiger partial charge in [-0.1, -0.05) is 0 Å². The molecule has 0 radical (unpaired) electrons. The average molecular weight is 588 g/mol. The molecule has 4 rings (SSSR count). The van der Waals surface area contributed by atoms with Gasteiger partial charge >= 0.3 is 5.97 Å². The van der Waals surface area contributed by atoms with E-state index in [2.05, 4.69) is 55.5 Å². The molecule has 3 aromatic rings. The molecule has 3 N–H and O–H groups in total. The van der Waals surface area contributed by atoms with Gasteiger partial charge in [-0.15, -0.1) is 0 Å². The molecule has 0 fully saturated rings. The van der Waals surface area contributed by atoms with Crippen LogP contribution in [-0.4, -0.2) is 32.9 Å². The van der Waals surface area contributed by atoms with Crippen molar-refractivity contribution >= 4 is 79.4 Å². The van der Waals surface area contributed by atoms with Gasteiger partial charge in [0.1, 0.15) is 11.3 Å². The number of amides is 1. The number of anilines is 1. The number of carbonyl (C=O) groups excluding carboxylic acids is 2. The number of hydrogen-bond donors (Lipinski definition) is 3. The number of aromatic hydroxyl groups is 1. The zero-order chi connectivity index (χ0) is 19.7. The highest BCUT2D eigenvalue weighted by molar-refractivity contribution is 14.1. The molecule has 0 spiro atoms. The molecule has 1 aliphatic heterocycles. The van der Waals surface area contributed by atoms with Gasteiger partial charge in [0.25, 0.3) is 11.7 Å². The highest BCUT2D eigenvalue weighted by Crippen LogP contribution is 2.26. The Labute approximate surface area is 180 Å². The van der Waals surface area contributed by atoms with E-state index in [4.69, 9.17) is 5.11 Å². The van der Waals surface area contributed by atoms with E-state index in [1.807, 2.05) is 12.1 Å². The standard InChI is InChI=1S/C10H6INO3.C8H4INO2/c11-5-1-2-7-6(3-5)9(10(14)15)8(13)4-12-7;9-4-1-2-6-5(3-4)7(11)8(12)10-6/h1-4,13H,(H,14,15);1-3H,(H,10,11,12). The minimum atomic E-state index is -1.15.